The summed E-state index contributed by atoms with van der Waals surface area (Å²) in [5, 5.41) is 2.69. The van der Waals surface area contributed by atoms with Crippen molar-refractivity contribution in [3.8, 4) is 0 Å². The first-order valence-electron chi connectivity index (χ1n) is 7.89. The Balaban J connectivity index is 1.67. The Morgan fingerprint density at radius 1 is 1.16 bits per heavy atom. The second-order valence-corrected chi connectivity index (χ2v) is 6.55. The molecule has 0 atom stereocenters. The number of benzene rings is 2. The first-order valence-corrected chi connectivity index (χ1v) is 8.69. The van der Waals surface area contributed by atoms with E-state index in [2.05, 4.69) is 21.2 Å². The Morgan fingerprint density at radius 3 is 2.56 bits per heavy atom. The van der Waals surface area contributed by atoms with Crippen molar-refractivity contribution in [2.45, 2.75) is 19.8 Å². The lowest BCUT2D eigenvalue weighted by Crippen LogP contribution is -2.28. The number of carbonyl (C=O) groups is 2. The van der Waals surface area contributed by atoms with Crippen LogP contribution in [0.1, 0.15) is 27.9 Å². The van der Waals surface area contributed by atoms with Crippen LogP contribution in [0, 0.1) is 12.7 Å². The van der Waals surface area contributed by atoms with Crippen molar-refractivity contribution >= 4 is 27.8 Å². The Hall–Kier alpha value is -2.21. The summed E-state index contributed by atoms with van der Waals surface area (Å²) in [5.74, 6) is -1.26. The van der Waals surface area contributed by atoms with Gasteiger partial charge in [0.05, 0.1) is 12.1 Å². The molecule has 0 fully saturated rings. The molecule has 25 heavy (non-hydrogen) atoms. The highest BCUT2D eigenvalue weighted by Crippen LogP contribution is 2.15. The van der Waals surface area contributed by atoms with Gasteiger partial charge in [0.2, 0.25) is 5.91 Å². The van der Waals surface area contributed by atoms with Crippen LogP contribution >= 0.6 is 15.9 Å². The lowest BCUT2D eigenvalue weighted by Gasteiger charge is -2.07. The molecule has 0 aromatic heterocycles. The highest BCUT2D eigenvalue weighted by Gasteiger charge is 2.10. The normalized spacial score (nSPS) is 10.4. The van der Waals surface area contributed by atoms with E-state index in [4.69, 9.17) is 4.74 Å². The molecule has 6 heteroatoms. The minimum absolute atomic E-state index is 0.0310. The highest BCUT2D eigenvalue weighted by atomic mass is 79.9. The molecule has 2 rings (SSSR count). The summed E-state index contributed by atoms with van der Waals surface area (Å²) in [4.78, 5) is 23.6. The molecule has 0 spiro atoms. The predicted molar refractivity (Wildman–Crippen MR) is 96.9 cm³/mol. The number of nitrogens with one attached hydrogen (secondary N) is 1. The second-order valence-electron chi connectivity index (χ2n) is 5.63. The largest absolute Gasteiger partial charge is 0.460 e. The van der Waals surface area contributed by atoms with Crippen LogP contribution in [0.5, 0.6) is 0 Å². The zero-order valence-corrected chi connectivity index (χ0v) is 15.4. The average molecular weight is 408 g/mol. The number of carbonyl (C=O) groups excluding carboxylic acids is 2. The van der Waals surface area contributed by atoms with Crippen LogP contribution in [0.2, 0.25) is 0 Å². The van der Waals surface area contributed by atoms with Gasteiger partial charge in [-0.2, -0.15) is 0 Å². The van der Waals surface area contributed by atoms with Crippen molar-refractivity contribution in [1.82, 2.24) is 5.32 Å². The summed E-state index contributed by atoms with van der Waals surface area (Å²) in [5.41, 5.74) is 2.40. The zero-order chi connectivity index (χ0) is 18.2. The Morgan fingerprint density at radius 2 is 1.88 bits per heavy atom. The summed E-state index contributed by atoms with van der Waals surface area (Å²) in [6.45, 7) is 2.26. The van der Waals surface area contributed by atoms with Gasteiger partial charge in [-0.1, -0.05) is 45.8 Å². The molecule has 0 radical (unpaired) electrons. The van der Waals surface area contributed by atoms with Gasteiger partial charge in [-0.25, -0.2) is 9.18 Å². The number of esters is 1. The van der Waals surface area contributed by atoms with Crippen LogP contribution in [0.4, 0.5) is 4.39 Å². The van der Waals surface area contributed by atoms with E-state index < -0.39 is 11.8 Å². The van der Waals surface area contributed by atoms with E-state index in [1.54, 1.807) is 0 Å². The summed E-state index contributed by atoms with van der Waals surface area (Å²) in [6.07, 6.45) is 1.02. The van der Waals surface area contributed by atoms with E-state index in [9.17, 15) is 14.0 Å². The fraction of sp³-hybridized carbons (Fsp3) is 0.263. The van der Waals surface area contributed by atoms with Gasteiger partial charge in [0.1, 0.15) is 12.4 Å². The van der Waals surface area contributed by atoms with Crippen LogP contribution in [-0.2, 0) is 16.0 Å². The molecule has 0 unspecified atom stereocenters. The van der Waals surface area contributed by atoms with Gasteiger partial charge in [0.25, 0.3) is 0 Å². The van der Waals surface area contributed by atoms with Crippen LogP contribution in [-0.4, -0.2) is 25.0 Å². The molecule has 0 aliphatic carbocycles. The Labute approximate surface area is 154 Å². The van der Waals surface area contributed by atoms with Gasteiger partial charge >= 0.3 is 5.97 Å². The van der Waals surface area contributed by atoms with E-state index in [0.717, 1.165) is 11.6 Å². The number of amides is 1. The molecule has 0 saturated carbocycles. The molecule has 2 aromatic rings. The standard InChI is InChI=1S/C19H19BrFNO3/c1-13-2-4-14(5-3-13)6-7-18(23)22-8-9-25-19(24)15-10-16(20)12-17(21)11-15/h2-5,10-12H,6-9H2,1H3,(H,22,23). The van der Waals surface area contributed by atoms with E-state index in [-0.39, 0.29) is 24.6 Å². The van der Waals surface area contributed by atoms with Crippen LogP contribution in [0.3, 0.4) is 0 Å². The van der Waals surface area contributed by atoms with Crippen LogP contribution in [0.25, 0.3) is 0 Å². The van der Waals surface area contributed by atoms with Gasteiger partial charge in [0, 0.05) is 10.9 Å². The van der Waals surface area contributed by atoms with E-state index in [1.165, 1.54) is 17.7 Å². The second kappa shape index (κ2) is 9.32. The average Bonchev–Trinajstić information content (AvgIpc) is 2.57. The van der Waals surface area contributed by atoms with E-state index >= 15 is 0 Å². The number of ether oxygens (including phenoxy) is 1. The number of halogens is 2. The summed E-state index contributed by atoms with van der Waals surface area (Å²) >= 11 is 3.12. The first kappa shape index (κ1) is 19.1. The summed E-state index contributed by atoms with van der Waals surface area (Å²) in [7, 11) is 0. The Kier molecular flexibility index (Phi) is 7.13. The number of aryl methyl sites for hydroxylation is 2. The summed E-state index contributed by atoms with van der Waals surface area (Å²) < 4.78 is 18.7. The number of hydrogen-bond donors (Lipinski definition) is 1. The number of rotatable bonds is 7. The van der Waals surface area contributed by atoms with E-state index in [1.807, 2.05) is 31.2 Å². The topological polar surface area (TPSA) is 55.4 Å². The van der Waals surface area contributed by atoms with Crippen molar-refractivity contribution in [1.29, 1.82) is 0 Å². The van der Waals surface area contributed by atoms with Crippen molar-refractivity contribution in [2.75, 3.05) is 13.2 Å². The van der Waals surface area contributed by atoms with Gasteiger partial charge in [-0.15, -0.1) is 0 Å². The van der Waals surface area contributed by atoms with Gasteiger partial charge < -0.3 is 10.1 Å². The predicted octanol–water partition coefficient (Wildman–Crippen LogP) is 3.80. The molecule has 132 valence electrons. The lowest BCUT2D eigenvalue weighted by atomic mass is 10.1. The van der Waals surface area contributed by atoms with Crippen LogP contribution < -0.4 is 5.32 Å². The highest BCUT2D eigenvalue weighted by molar-refractivity contribution is 9.10. The van der Waals surface area contributed by atoms with Crippen molar-refractivity contribution in [3.63, 3.8) is 0 Å². The maximum absolute atomic E-state index is 13.2. The first-order chi connectivity index (χ1) is 11.9. The maximum atomic E-state index is 13.2. The molecule has 0 heterocycles. The van der Waals surface area contributed by atoms with Crippen molar-refractivity contribution in [3.05, 3.63) is 69.4 Å². The Bertz CT molecular complexity index is 727. The molecular weight excluding hydrogens is 389 g/mol. The SMILES string of the molecule is Cc1ccc(CCC(=O)NCCOC(=O)c2cc(F)cc(Br)c2)cc1. The molecule has 0 aliphatic rings. The number of hydrogen-bond acceptors (Lipinski definition) is 3. The summed E-state index contributed by atoms with van der Waals surface area (Å²) in [6, 6.07) is 11.9. The van der Waals surface area contributed by atoms with Gasteiger partial charge in [-0.3, -0.25) is 4.79 Å². The third-order valence-corrected chi connectivity index (χ3v) is 3.97. The smallest absolute Gasteiger partial charge is 0.338 e. The van der Waals surface area contributed by atoms with Crippen molar-refractivity contribution < 1.29 is 18.7 Å². The molecule has 0 bridgehead atoms. The molecule has 1 amide bonds. The molecule has 0 aliphatic heterocycles. The molecule has 2 aromatic carbocycles. The molecule has 4 nitrogen and oxygen atoms in total. The molecule has 1 N–H and O–H groups in total. The van der Waals surface area contributed by atoms with Crippen molar-refractivity contribution in [2.24, 2.45) is 0 Å². The maximum Gasteiger partial charge on any atom is 0.338 e. The van der Waals surface area contributed by atoms with E-state index in [0.29, 0.717) is 17.3 Å². The van der Waals surface area contributed by atoms with Crippen LogP contribution in [0.15, 0.2) is 46.9 Å². The third-order valence-electron chi connectivity index (χ3n) is 3.52. The molecular formula is C19H19BrFNO3. The quantitative estimate of drug-likeness (QED) is 0.560. The van der Waals surface area contributed by atoms with Gasteiger partial charge in [-0.05, 0) is 37.1 Å². The lowest BCUT2D eigenvalue weighted by molar-refractivity contribution is -0.121. The zero-order valence-electron chi connectivity index (χ0n) is 13.9. The fourth-order valence-corrected chi connectivity index (χ4v) is 2.66. The third kappa shape index (κ3) is 6.66. The monoisotopic (exact) mass is 407 g/mol. The minimum atomic E-state index is -0.630. The minimum Gasteiger partial charge on any atom is -0.460 e. The van der Waals surface area contributed by atoms with Gasteiger partial charge in [0.15, 0.2) is 0 Å². The fourth-order valence-electron chi connectivity index (χ4n) is 2.19. The molecule has 0 saturated heterocycles.